The number of likely N-dealkylation sites (N-methyl/N-ethyl adjacent to an activating group) is 1. The van der Waals surface area contributed by atoms with E-state index in [1.54, 1.807) is 7.11 Å². The minimum absolute atomic E-state index is 0.0747. The van der Waals surface area contributed by atoms with Gasteiger partial charge in [-0.2, -0.15) is 0 Å². The molecule has 1 aliphatic heterocycles. The minimum Gasteiger partial charge on any atom is -0.496 e. The summed E-state index contributed by atoms with van der Waals surface area (Å²) in [5.41, 5.74) is 4.19. The lowest BCUT2D eigenvalue weighted by molar-refractivity contribution is 0.0922. The standard InChI is InChI=1S/C17H19N3O2S/c1-20-9-11-13(18-16(23)19-15(11)21)8-17(20)7-6-10-12(17)4-3-5-14(10)22-2/h3-5H,6-9H2,1-2H3,(H2,18,19,21,23). The Bertz CT molecular complexity index is 901. The average molecular weight is 329 g/mol. The van der Waals surface area contributed by atoms with Crippen LogP contribution in [0, 0.1) is 4.77 Å². The zero-order valence-corrected chi connectivity index (χ0v) is 14.0. The Morgan fingerprint density at radius 2 is 2.13 bits per heavy atom. The maximum atomic E-state index is 12.2. The molecule has 5 nitrogen and oxygen atoms in total. The predicted molar refractivity (Wildman–Crippen MR) is 90.4 cm³/mol. The lowest BCUT2D eigenvalue weighted by Crippen LogP contribution is -2.48. The number of nitrogens with one attached hydrogen (secondary N) is 2. The third-order valence-corrected chi connectivity index (χ3v) is 5.57. The number of aromatic nitrogens is 2. The van der Waals surface area contributed by atoms with E-state index in [9.17, 15) is 4.79 Å². The van der Waals surface area contributed by atoms with Crippen molar-refractivity contribution in [1.82, 2.24) is 14.9 Å². The first-order valence-corrected chi connectivity index (χ1v) is 8.18. The van der Waals surface area contributed by atoms with E-state index >= 15 is 0 Å². The van der Waals surface area contributed by atoms with Gasteiger partial charge in [0.15, 0.2) is 4.77 Å². The molecule has 1 aromatic carbocycles. The molecular weight excluding hydrogens is 310 g/mol. The van der Waals surface area contributed by atoms with Crippen molar-refractivity contribution >= 4 is 12.2 Å². The number of hydrogen-bond acceptors (Lipinski definition) is 4. The predicted octanol–water partition coefficient (Wildman–Crippen LogP) is 2.27. The number of fused-ring (bicyclic) bond motifs is 3. The molecule has 1 spiro atoms. The first-order chi connectivity index (χ1) is 11.0. The quantitative estimate of drug-likeness (QED) is 0.788. The van der Waals surface area contributed by atoms with Gasteiger partial charge in [0.1, 0.15) is 5.75 Å². The molecule has 2 heterocycles. The van der Waals surface area contributed by atoms with Crippen LogP contribution in [0.15, 0.2) is 23.0 Å². The van der Waals surface area contributed by atoms with Crippen LogP contribution in [0.25, 0.3) is 0 Å². The molecule has 0 bridgehead atoms. The molecule has 0 amide bonds. The van der Waals surface area contributed by atoms with Crippen molar-refractivity contribution in [3.05, 3.63) is 55.7 Å². The maximum Gasteiger partial charge on any atom is 0.256 e. The molecule has 2 aliphatic rings. The van der Waals surface area contributed by atoms with E-state index in [1.807, 2.05) is 12.1 Å². The molecule has 1 aliphatic carbocycles. The lowest BCUT2D eigenvalue weighted by atomic mass is 9.81. The number of methoxy groups -OCH3 is 1. The van der Waals surface area contributed by atoms with E-state index in [-0.39, 0.29) is 11.1 Å². The molecular formula is C17H19N3O2S. The summed E-state index contributed by atoms with van der Waals surface area (Å²) in [7, 11) is 3.82. The summed E-state index contributed by atoms with van der Waals surface area (Å²) in [5, 5.41) is 0. The van der Waals surface area contributed by atoms with Crippen LogP contribution in [0.4, 0.5) is 0 Å². The Hall–Kier alpha value is -1.92. The molecule has 2 N–H and O–H groups in total. The third kappa shape index (κ3) is 2.01. The largest absolute Gasteiger partial charge is 0.496 e. The van der Waals surface area contributed by atoms with Gasteiger partial charge in [-0.1, -0.05) is 12.1 Å². The minimum atomic E-state index is -0.0943. The van der Waals surface area contributed by atoms with Crippen molar-refractivity contribution in [2.24, 2.45) is 0 Å². The Morgan fingerprint density at radius 3 is 2.91 bits per heavy atom. The van der Waals surface area contributed by atoms with Crippen LogP contribution < -0.4 is 10.3 Å². The Labute approximate surface area is 139 Å². The third-order valence-electron chi connectivity index (χ3n) is 5.37. The first-order valence-electron chi connectivity index (χ1n) is 7.77. The summed E-state index contributed by atoms with van der Waals surface area (Å²) in [6, 6.07) is 6.26. The number of benzene rings is 1. The van der Waals surface area contributed by atoms with Crippen LogP contribution >= 0.6 is 12.2 Å². The molecule has 0 radical (unpaired) electrons. The maximum absolute atomic E-state index is 12.2. The number of H-pyrrole nitrogens is 2. The Kier molecular flexibility index (Phi) is 3.21. The second-order valence-electron chi connectivity index (χ2n) is 6.42. The number of ether oxygens (including phenoxy) is 1. The van der Waals surface area contributed by atoms with Gasteiger partial charge in [-0.3, -0.25) is 14.7 Å². The van der Waals surface area contributed by atoms with Crippen molar-refractivity contribution < 1.29 is 4.74 Å². The topological polar surface area (TPSA) is 61.1 Å². The fourth-order valence-corrected chi connectivity index (χ4v) is 4.41. The summed E-state index contributed by atoms with van der Waals surface area (Å²) >= 11 is 5.15. The van der Waals surface area contributed by atoms with Gasteiger partial charge in [0.2, 0.25) is 0 Å². The van der Waals surface area contributed by atoms with E-state index < -0.39 is 0 Å². The summed E-state index contributed by atoms with van der Waals surface area (Å²) < 4.78 is 5.94. The second-order valence-corrected chi connectivity index (χ2v) is 6.82. The SMILES string of the molecule is COc1cccc2c1CCC21Cc2[nH]c(=S)[nH]c(=O)c2CN1C. The van der Waals surface area contributed by atoms with Crippen molar-refractivity contribution in [3.8, 4) is 5.75 Å². The molecule has 23 heavy (non-hydrogen) atoms. The molecule has 6 heteroatoms. The van der Waals surface area contributed by atoms with Gasteiger partial charge in [0, 0.05) is 18.7 Å². The highest BCUT2D eigenvalue weighted by molar-refractivity contribution is 7.71. The zero-order chi connectivity index (χ0) is 16.2. The molecule has 2 aromatic rings. The molecule has 0 saturated carbocycles. The number of nitrogens with zero attached hydrogens (tertiary/aromatic N) is 1. The number of hydrogen-bond donors (Lipinski definition) is 2. The smallest absolute Gasteiger partial charge is 0.256 e. The van der Waals surface area contributed by atoms with Gasteiger partial charge in [-0.05, 0) is 49.3 Å². The van der Waals surface area contributed by atoms with Gasteiger partial charge in [-0.15, -0.1) is 0 Å². The van der Waals surface area contributed by atoms with Gasteiger partial charge < -0.3 is 9.72 Å². The van der Waals surface area contributed by atoms with E-state index in [1.165, 1.54) is 11.1 Å². The van der Waals surface area contributed by atoms with E-state index in [2.05, 4.69) is 28.0 Å². The average Bonchev–Trinajstić information content (AvgIpc) is 2.89. The van der Waals surface area contributed by atoms with Crippen LogP contribution in [0.5, 0.6) is 5.75 Å². The van der Waals surface area contributed by atoms with Crippen LogP contribution in [0.2, 0.25) is 0 Å². The fraction of sp³-hybridized carbons (Fsp3) is 0.412. The molecule has 1 unspecified atom stereocenters. The van der Waals surface area contributed by atoms with E-state index in [4.69, 9.17) is 17.0 Å². The van der Waals surface area contributed by atoms with Gasteiger partial charge >= 0.3 is 0 Å². The van der Waals surface area contributed by atoms with Crippen LogP contribution in [0.1, 0.15) is 28.8 Å². The second kappa shape index (κ2) is 5.04. The molecule has 4 rings (SSSR count). The summed E-state index contributed by atoms with van der Waals surface area (Å²) in [5.74, 6) is 0.956. The number of aromatic amines is 2. The van der Waals surface area contributed by atoms with Gasteiger partial charge in [0.25, 0.3) is 5.56 Å². The van der Waals surface area contributed by atoms with Gasteiger partial charge in [-0.25, -0.2) is 0 Å². The monoisotopic (exact) mass is 329 g/mol. The Morgan fingerprint density at radius 1 is 1.30 bits per heavy atom. The molecule has 0 fully saturated rings. The van der Waals surface area contributed by atoms with Gasteiger partial charge in [0.05, 0.1) is 18.2 Å². The molecule has 1 atom stereocenters. The first kappa shape index (κ1) is 14.7. The van der Waals surface area contributed by atoms with Crippen LogP contribution in [0.3, 0.4) is 0 Å². The summed E-state index contributed by atoms with van der Waals surface area (Å²) in [6.07, 6.45) is 2.78. The highest BCUT2D eigenvalue weighted by atomic mass is 32.1. The molecule has 1 aromatic heterocycles. The molecule has 0 saturated heterocycles. The zero-order valence-electron chi connectivity index (χ0n) is 13.2. The van der Waals surface area contributed by atoms with Crippen molar-refractivity contribution in [2.45, 2.75) is 31.3 Å². The van der Waals surface area contributed by atoms with Crippen LogP contribution in [-0.4, -0.2) is 29.0 Å². The highest BCUT2D eigenvalue weighted by Gasteiger charge is 2.46. The highest BCUT2D eigenvalue weighted by Crippen LogP contribution is 2.48. The van der Waals surface area contributed by atoms with Crippen LogP contribution in [-0.2, 0) is 24.9 Å². The lowest BCUT2D eigenvalue weighted by Gasteiger charge is -2.43. The fourth-order valence-electron chi connectivity index (χ4n) is 4.19. The van der Waals surface area contributed by atoms with Crippen molar-refractivity contribution in [3.63, 3.8) is 0 Å². The number of rotatable bonds is 1. The van der Waals surface area contributed by atoms with Crippen molar-refractivity contribution in [2.75, 3.05) is 14.2 Å². The summed E-state index contributed by atoms with van der Waals surface area (Å²) in [6.45, 7) is 0.618. The molecule has 120 valence electrons. The summed E-state index contributed by atoms with van der Waals surface area (Å²) in [4.78, 5) is 20.4. The van der Waals surface area contributed by atoms with Crippen molar-refractivity contribution in [1.29, 1.82) is 0 Å². The Balaban J connectivity index is 1.89. The normalized spacial score (nSPS) is 22.9. The van der Waals surface area contributed by atoms with E-state index in [0.29, 0.717) is 11.3 Å². The van der Waals surface area contributed by atoms with E-state index in [0.717, 1.165) is 36.3 Å².